The highest BCUT2D eigenvalue weighted by atomic mass is 16.5. The third kappa shape index (κ3) is 7.09. The van der Waals surface area contributed by atoms with Gasteiger partial charge in [-0.15, -0.1) is 0 Å². The van der Waals surface area contributed by atoms with Crippen LogP contribution in [0.4, 0.5) is 5.95 Å². The molecule has 0 aliphatic heterocycles. The number of aromatic nitrogens is 2. The summed E-state index contributed by atoms with van der Waals surface area (Å²) in [6, 6.07) is 9.26. The number of unbranched alkanes of at least 4 members (excludes halogenated alkanes) is 3. The van der Waals surface area contributed by atoms with Crippen LogP contribution in [0.15, 0.2) is 40.2 Å². The Morgan fingerprint density at radius 1 is 1.15 bits per heavy atom. The van der Waals surface area contributed by atoms with Crippen LogP contribution >= 0.6 is 0 Å². The third-order valence-electron chi connectivity index (χ3n) is 3.83. The van der Waals surface area contributed by atoms with Gasteiger partial charge in [0.2, 0.25) is 5.95 Å². The van der Waals surface area contributed by atoms with Crippen molar-refractivity contribution in [3.05, 3.63) is 51.9 Å². The van der Waals surface area contributed by atoms with Crippen LogP contribution in [0.1, 0.15) is 57.2 Å². The first-order chi connectivity index (χ1) is 12.7. The number of H-pyrrole nitrogens is 1. The molecule has 0 saturated heterocycles. The summed E-state index contributed by atoms with van der Waals surface area (Å²) in [5.41, 5.74) is 4.29. The largest absolute Gasteiger partial charge is 0.494 e. The van der Waals surface area contributed by atoms with E-state index in [1.165, 1.54) is 25.3 Å². The van der Waals surface area contributed by atoms with Gasteiger partial charge in [-0.1, -0.05) is 39.5 Å². The van der Waals surface area contributed by atoms with Gasteiger partial charge < -0.3 is 4.74 Å². The van der Waals surface area contributed by atoms with Crippen molar-refractivity contribution in [1.82, 2.24) is 9.97 Å². The van der Waals surface area contributed by atoms with Gasteiger partial charge in [0.1, 0.15) is 5.75 Å². The zero-order valence-electron chi connectivity index (χ0n) is 15.6. The monoisotopic (exact) mass is 356 g/mol. The van der Waals surface area contributed by atoms with Crippen molar-refractivity contribution in [2.24, 2.45) is 5.10 Å². The van der Waals surface area contributed by atoms with Gasteiger partial charge in [-0.25, -0.2) is 10.4 Å². The predicted octanol–water partition coefficient (Wildman–Crippen LogP) is 4.13. The van der Waals surface area contributed by atoms with Crippen molar-refractivity contribution in [3.63, 3.8) is 0 Å². The van der Waals surface area contributed by atoms with Crippen molar-refractivity contribution >= 4 is 12.2 Å². The number of ether oxygens (including phenoxy) is 1. The van der Waals surface area contributed by atoms with Gasteiger partial charge in [0.25, 0.3) is 5.56 Å². The summed E-state index contributed by atoms with van der Waals surface area (Å²) < 4.78 is 5.72. The second kappa shape index (κ2) is 11.1. The fraction of sp³-hybridized carbons (Fsp3) is 0.450. The number of hydrazone groups is 1. The van der Waals surface area contributed by atoms with Crippen molar-refractivity contribution in [2.75, 3.05) is 12.0 Å². The Bertz CT molecular complexity index is 738. The number of nitrogens with zero attached hydrogens (tertiary/aromatic N) is 2. The average Bonchev–Trinajstić information content (AvgIpc) is 2.63. The minimum atomic E-state index is -0.179. The molecule has 140 valence electrons. The molecule has 1 aromatic carbocycles. The van der Waals surface area contributed by atoms with Gasteiger partial charge >= 0.3 is 0 Å². The predicted molar refractivity (Wildman–Crippen MR) is 106 cm³/mol. The summed E-state index contributed by atoms with van der Waals surface area (Å²) >= 11 is 0. The maximum absolute atomic E-state index is 11.6. The van der Waals surface area contributed by atoms with Crippen LogP contribution in [0.3, 0.4) is 0 Å². The highest BCUT2D eigenvalue weighted by Gasteiger charge is 1.99. The minimum Gasteiger partial charge on any atom is -0.494 e. The highest BCUT2D eigenvalue weighted by Crippen LogP contribution is 2.12. The zero-order chi connectivity index (χ0) is 18.6. The van der Waals surface area contributed by atoms with Crippen LogP contribution in [0, 0.1) is 0 Å². The molecule has 1 heterocycles. The van der Waals surface area contributed by atoms with Crippen molar-refractivity contribution < 1.29 is 4.74 Å². The molecule has 2 aromatic rings. The molecule has 0 aliphatic carbocycles. The van der Waals surface area contributed by atoms with Gasteiger partial charge in [-0.05, 0) is 42.7 Å². The van der Waals surface area contributed by atoms with Crippen LogP contribution < -0.4 is 15.7 Å². The number of nitrogens with one attached hydrogen (secondary N) is 2. The van der Waals surface area contributed by atoms with E-state index in [-0.39, 0.29) is 5.56 Å². The number of rotatable bonds is 11. The molecule has 0 atom stereocenters. The van der Waals surface area contributed by atoms with E-state index < -0.39 is 0 Å². The molecule has 1 aromatic heterocycles. The SMILES string of the molecule is CCCCCCOc1ccc(/C=N/Nc2nc(CCC)cc(=O)[nH]2)cc1. The Hall–Kier alpha value is -2.63. The topological polar surface area (TPSA) is 79.4 Å². The number of anilines is 1. The number of hydrogen-bond acceptors (Lipinski definition) is 5. The zero-order valence-corrected chi connectivity index (χ0v) is 15.6. The van der Waals surface area contributed by atoms with E-state index in [4.69, 9.17) is 4.74 Å². The summed E-state index contributed by atoms with van der Waals surface area (Å²) in [5, 5.41) is 4.13. The molecule has 6 heteroatoms. The lowest BCUT2D eigenvalue weighted by molar-refractivity contribution is 0.305. The molecular weight excluding hydrogens is 328 g/mol. The number of aryl methyl sites for hydroxylation is 1. The molecule has 0 unspecified atom stereocenters. The summed E-state index contributed by atoms with van der Waals surface area (Å²) in [6.07, 6.45) is 8.17. The highest BCUT2D eigenvalue weighted by molar-refractivity contribution is 5.80. The smallest absolute Gasteiger partial charge is 0.252 e. The minimum absolute atomic E-state index is 0.179. The van der Waals surface area contributed by atoms with Gasteiger partial charge in [0.15, 0.2) is 0 Å². The summed E-state index contributed by atoms with van der Waals surface area (Å²) in [7, 11) is 0. The number of benzene rings is 1. The Labute approximate surface area is 154 Å². The lowest BCUT2D eigenvalue weighted by atomic mass is 10.2. The molecule has 0 radical (unpaired) electrons. The Morgan fingerprint density at radius 3 is 2.69 bits per heavy atom. The number of hydrogen-bond donors (Lipinski definition) is 2. The van der Waals surface area contributed by atoms with Gasteiger partial charge in [0, 0.05) is 11.8 Å². The first-order valence-corrected chi connectivity index (χ1v) is 9.33. The van der Waals surface area contributed by atoms with Crippen molar-refractivity contribution in [2.45, 2.75) is 52.4 Å². The molecule has 0 spiro atoms. The summed E-state index contributed by atoms with van der Waals surface area (Å²) in [4.78, 5) is 18.6. The molecule has 6 nitrogen and oxygen atoms in total. The first-order valence-electron chi connectivity index (χ1n) is 9.33. The molecule has 26 heavy (non-hydrogen) atoms. The summed E-state index contributed by atoms with van der Waals surface area (Å²) in [6.45, 7) is 5.00. The van der Waals surface area contributed by atoms with E-state index in [2.05, 4.69) is 27.4 Å². The molecular formula is C20H28N4O2. The lowest BCUT2D eigenvalue weighted by Gasteiger charge is -2.06. The first kappa shape index (κ1) is 19.7. The summed E-state index contributed by atoms with van der Waals surface area (Å²) in [5.74, 6) is 1.22. The normalized spacial score (nSPS) is 11.0. The second-order valence-corrected chi connectivity index (χ2v) is 6.18. The van der Waals surface area contributed by atoms with E-state index in [1.54, 1.807) is 6.21 Å². The molecule has 0 fully saturated rings. The fourth-order valence-electron chi connectivity index (χ4n) is 2.48. The Balaban J connectivity index is 1.84. The molecule has 0 amide bonds. The second-order valence-electron chi connectivity index (χ2n) is 6.18. The van der Waals surface area contributed by atoms with Crippen molar-refractivity contribution in [3.8, 4) is 5.75 Å². The van der Waals surface area contributed by atoms with E-state index >= 15 is 0 Å². The Kier molecular flexibility index (Phi) is 8.39. The van der Waals surface area contributed by atoms with Crippen LogP contribution in [0.25, 0.3) is 0 Å². The maximum atomic E-state index is 11.6. The van der Waals surface area contributed by atoms with Crippen LogP contribution in [0.2, 0.25) is 0 Å². The van der Waals surface area contributed by atoms with E-state index in [1.807, 2.05) is 31.2 Å². The van der Waals surface area contributed by atoms with E-state index in [9.17, 15) is 4.79 Å². The fourth-order valence-corrected chi connectivity index (χ4v) is 2.48. The van der Waals surface area contributed by atoms with Crippen molar-refractivity contribution in [1.29, 1.82) is 0 Å². The average molecular weight is 356 g/mol. The molecule has 2 N–H and O–H groups in total. The maximum Gasteiger partial charge on any atom is 0.252 e. The molecule has 0 aliphatic rings. The Morgan fingerprint density at radius 2 is 1.96 bits per heavy atom. The van der Waals surface area contributed by atoms with E-state index in [0.29, 0.717) is 5.95 Å². The van der Waals surface area contributed by atoms with Crippen LogP contribution in [-0.4, -0.2) is 22.8 Å². The third-order valence-corrected chi connectivity index (χ3v) is 3.83. The van der Waals surface area contributed by atoms with Crippen LogP contribution in [0.5, 0.6) is 5.75 Å². The number of aromatic amines is 1. The molecule has 2 rings (SSSR count). The molecule has 0 saturated carbocycles. The van der Waals surface area contributed by atoms with E-state index in [0.717, 1.165) is 42.9 Å². The standard InChI is InChI=1S/C20H28N4O2/c1-3-5-6-7-13-26-18-11-9-16(10-12-18)15-21-24-20-22-17(8-4-2)14-19(25)23-20/h9-12,14-15H,3-8,13H2,1-2H3,(H2,22,23,24,25)/b21-15+. The van der Waals surface area contributed by atoms with Gasteiger partial charge in [0.05, 0.1) is 12.8 Å². The quantitative estimate of drug-likeness (QED) is 0.360. The van der Waals surface area contributed by atoms with Gasteiger partial charge in [-0.3, -0.25) is 9.78 Å². The van der Waals surface area contributed by atoms with Crippen LogP contribution in [-0.2, 0) is 6.42 Å². The molecule has 0 bridgehead atoms. The lowest BCUT2D eigenvalue weighted by Crippen LogP contribution is -2.11. The van der Waals surface area contributed by atoms with Gasteiger partial charge in [-0.2, -0.15) is 5.10 Å².